The van der Waals surface area contributed by atoms with Crippen LogP contribution in [0.1, 0.15) is 17.3 Å². The number of esters is 1. The highest BCUT2D eigenvalue weighted by Gasteiger charge is 2.18. The maximum absolute atomic E-state index is 12.3. The molecule has 0 amide bonds. The molecule has 0 aliphatic carbocycles. The average molecular weight is 479 g/mol. The Morgan fingerprint density at radius 1 is 0.929 bits per heavy atom. The van der Waals surface area contributed by atoms with Crippen LogP contribution in [0.25, 0.3) is 33.3 Å². The van der Waals surface area contributed by atoms with E-state index in [0.717, 1.165) is 36.9 Å². The second-order valence-electron chi connectivity index (χ2n) is 6.33. The van der Waals surface area contributed by atoms with Gasteiger partial charge in [-0.1, -0.05) is 60.7 Å². The smallest absolute Gasteiger partial charge is 0.338 e. The first-order valence-electron chi connectivity index (χ1n) is 9.10. The predicted octanol–water partition coefficient (Wildman–Crippen LogP) is 6.35. The second-order valence-corrected chi connectivity index (χ2v) is 7.41. The summed E-state index contributed by atoms with van der Waals surface area (Å²) in [5, 5.41) is 0.945. The van der Waals surface area contributed by atoms with E-state index in [1.165, 1.54) is 0 Å². The highest BCUT2D eigenvalue weighted by atomic mass is 127. The first kappa shape index (κ1) is 18.6. The highest BCUT2D eigenvalue weighted by molar-refractivity contribution is 14.1. The lowest BCUT2D eigenvalue weighted by atomic mass is 9.97. The van der Waals surface area contributed by atoms with Crippen LogP contribution in [-0.4, -0.2) is 17.6 Å². The molecule has 1 heterocycles. The van der Waals surface area contributed by atoms with Crippen LogP contribution in [0.15, 0.2) is 78.9 Å². The number of ether oxygens (including phenoxy) is 1. The van der Waals surface area contributed by atoms with E-state index in [2.05, 4.69) is 46.9 Å². The van der Waals surface area contributed by atoms with E-state index < -0.39 is 0 Å². The van der Waals surface area contributed by atoms with Gasteiger partial charge in [0, 0.05) is 20.1 Å². The second kappa shape index (κ2) is 8.10. The van der Waals surface area contributed by atoms with Gasteiger partial charge in [-0.15, -0.1) is 0 Å². The molecule has 0 unspecified atom stereocenters. The third-order valence-electron chi connectivity index (χ3n) is 4.55. The topological polar surface area (TPSA) is 39.2 Å². The Hall–Kier alpha value is -2.73. The van der Waals surface area contributed by atoms with Gasteiger partial charge in [0.1, 0.15) is 0 Å². The molecule has 0 atom stereocenters. The minimum Gasteiger partial charge on any atom is -0.462 e. The zero-order chi connectivity index (χ0) is 19.5. The molecule has 0 saturated heterocycles. The van der Waals surface area contributed by atoms with E-state index in [0.29, 0.717) is 12.2 Å². The van der Waals surface area contributed by atoms with E-state index >= 15 is 0 Å². The summed E-state index contributed by atoms with van der Waals surface area (Å²) in [7, 11) is 0. The number of carbonyl (C=O) groups excluding carboxylic acids is 1. The van der Waals surface area contributed by atoms with Crippen molar-refractivity contribution in [2.45, 2.75) is 6.92 Å². The first-order valence-corrected chi connectivity index (χ1v) is 10.2. The van der Waals surface area contributed by atoms with Crippen molar-refractivity contribution >= 4 is 39.5 Å². The molecule has 4 rings (SSSR count). The first-order chi connectivity index (χ1) is 13.7. The van der Waals surface area contributed by atoms with Crippen molar-refractivity contribution in [3.05, 3.63) is 88.0 Å². The predicted molar refractivity (Wildman–Crippen MR) is 121 cm³/mol. The summed E-state index contributed by atoms with van der Waals surface area (Å²) in [6.45, 7) is 2.16. The molecule has 28 heavy (non-hydrogen) atoms. The molecule has 0 fully saturated rings. The van der Waals surface area contributed by atoms with E-state index in [4.69, 9.17) is 9.72 Å². The Balaban J connectivity index is 2.02. The summed E-state index contributed by atoms with van der Waals surface area (Å²) < 4.78 is 6.24. The van der Waals surface area contributed by atoms with Crippen LogP contribution in [0, 0.1) is 3.57 Å². The minimum absolute atomic E-state index is 0.314. The van der Waals surface area contributed by atoms with Crippen LogP contribution in [0.5, 0.6) is 0 Å². The van der Waals surface area contributed by atoms with Gasteiger partial charge in [-0.25, -0.2) is 9.78 Å². The normalized spacial score (nSPS) is 10.8. The van der Waals surface area contributed by atoms with Crippen LogP contribution >= 0.6 is 22.6 Å². The van der Waals surface area contributed by atoms with E-state index in [1.807, 2.05) is 55.5 Å². The fourth-order valence-electron chi connectivity index (χ4n) is 3.26. The van der Waals surface area contributed by atoms with Crippen LogP contribution in [0.2, 0.25) is 0 Å². The number of hydrogen-bond acceptors (Lipinski definition) is 3. The van der Waals surface area contributed by atoms with Crippen LogP contribution in [0.4, 0.5) is 0 Å². The lowest BCUT2D eigenvalue weighted by Crippen LogP contribution is -2.05. The van der Waals surface area contributed by atoms with Crippen LogP contribution < -0.4 is 0 Å². The fraction of sp³-hybridized carbons (Fsp3) is 0.0833. The number of rotatable bonds is 4. The lowest BCUT2D eigenvalue weighted by molar-refractivity contribution is 0.0526. The number of hydrogen-bond donors (Lipinski definition) is 0. The van der Waals surface area contributed by atoms with Gasteiger partial charge >= 0.3 is 5.97 Å². The molecule has 0 aliphatic heterocycles. The molecule has 4 aromatic rings. The molecular formula is C24H18INO2. The van der Waals surface area contributed by atoms with Gasteiger partial charge in [-0.2, -0.15) is 0 Å². The SMILES string of the molecule is CCOC(=O)c1ccc2nc(-c3ccccc3)c(I)c(-c3ccccc3)c2c1. The van der Waals surface area contributed by atoms with Crippen molar-refractivity contribution in [2.24, 2.45) is 0 Å². The summed E-state index contributed by atoms with van der Waals surface area (Å²) in [5.41, 5.74) is 5.58. The molecule has 0 bridgehead atoms. The third-order valence-corrected chi connectivity index (χ3v) is 5.60. The number of halogens is 1. The highest BCUT2D eigenvalue weighted by Crippen LogP contribution is 2.38. The molecule has 1 aromatic heterocycles. The summed E-state index contributed by atoms with van der Waals surface area (Å²) >= 11 is 2.36. The van der Waals surface area contributed by atoms with E-state index in [-0.39, 0.29) is 5.97 Å². The van der Waals surface area contributed by atoms with Gasteiger partial charge < -0.3 is 4.74 Å². The summed E-state index contributed by atoms with van der Waals surface area (Å²) in [4.78, 5) is 17.2. The summed E-state index contributed by atoms with van der Waals surface area (Å²) in [6, 6.07) is 26.0. The molecule has 0 radical (unpaired) electrons. The standard InChI is InChI=1S/C24H18INO2/c1-2-28-24(27)18-13-14-20-19(15-18)21(16-9-5-3-6-10-16)22(25)23(26-20)17-11-7-4-8-12-17/h3-15H,2H2,1H3. The van der Waals surface area contributed by atoms with E-state index in [1.54, 1.807) is 6.07 Å². The van der Waals surface area contributed by atoms with Crippen molar-refractivity contribution in [1.82, 2.24) is 4.98 Å². The van der Waals surface area contributed by atoms with Crippen molar-refractivity contribution in [1.29, 1.82) is 0 Å². The minimum atomic E-state index is -0.314. The maximum Gasteiger partial charge on any atom is 0.338 e. The fourth-order valence-corrected chi connectivity index (χ4v) is 4.29. The largest absolute Gasteiger partial charge is 0.462 e. The number of carbonyl (C=O) groups is 1. The molecule has 3 aromatic carbocycles. The Morgan fingerprint density at radius 2 is 1.57 bits per heavy atom. The average Bonchev–Trinajstić information content (AvgIpc) is 2.74. The zero-order valence-corrected chi connectivity index (χ0v) is 17.5. The van der Waals surface area contributed by atoms with Crippen molar-refractivity contribution in [2.75, 3.05) is 6.61 Å². The Bertz CT molecular complexity index is 1140. The monoisotopic (exact) mass is 479 g/mol. The van der Waals surface area contributed by atoms with Crippen LogP contribution in [-0.2, 0) is 4.74 Å². The van der Waals surface area contributed by atoms with Crippen molar-refractivity contribution in [3.63, 3.8) is 0 Å². The summed E-state index contributed by atoms with van der Waals surface area (Å²) in [5.74, 6) is -0.314. The molecule has 4 heteroatoms. The summed E-state index contributed by atoms with van der Waals surface area (Å²) in [6.07, 6.45) is 0. The quantitative estimate of drug-likeness (QED) is 0.253. The molecule has 0 spiro atoms. The van der Waals surface area contributed by atoms with Gasteiger partial charge in [0.25, 0.3) is 0 Å². The van der Waals surface area contributed by atoms with Crippen molar-refractivity contribution < 1.29 is 9.53 Å². The van der Waals surface area contributed by atoms with Gasteiger partial charge in [0.05, 0.1) is 23.4 Å². The number of fused-ring (bicyclic) bond motifs is 1. The van der Waals surface area contributed by atoms with Gasteiger partial charge in [-0.3, -0.25) is 0 Å². The number of nitrogens with zero attached hydrogens (tertiary/aromatic N) is 1. The number of aromatic nitrogens is 1. The Kier molecular flexibility index (Phi) is 5.39. The van der Waals surface area contributed by atoms with Gasteiger partial charge in [-0.05, 0) is 53.3 Å². The molecule has 0 aliphatic rings. The Morgan fingerprint density at radius 3 is 2.21 bits per heavy atom. The molecule has 138 valence electrons. The third kappa shape index (κ3) is 3.52. The molecular weight excluding hydrogens is 461 g/mol. The number of pyridine rings is 1. The van der Waals surface area contributed by atoms with E-state index in [9.17, 15) is 4.79 Å². The van der Waals surface area contributed by atoms with Gasteiger partial charge in [0.2, 0.25) is 0 Å². The lowest BCUT2D eigenvalue weighted by Gasteiger charge is -2.15. The Labute approximate surface area is 177 Å². The molecule has 0 N–H and O–H groups in total. The maximum atomic E-state index is 12.3. The van der Waals surface area contributed by atoms with Crippen molar-refractivity contribution in [3.8, 4) is 22.4 Å². The zero-order valence-electron chi connectivity index (χ0n) is 15.4. The molecule has 3 nitrogen and oxygen atoms in total. The van der Waals surface area contributed by atoms with Crippen LogP contribution in [0.3, 0.4) is 0 Å². The van der Waals surface area contributed by atoms with Gasteiger partial charge in [0.15, 0.2) is 0 Å². The molecule has 0 saturated carbocycles. The number of benzene rings is 3.